The molecule has 1 nitrogen and oxygen atoms in total. The smallest absolute Gasteiger partial charge is 0.171 e. The van der Waals surface area contributed by atoms with Gasteiger partial charge in [-0.1, -0.05) is 49.4 Å². The van der Waals surface area contributed by atoms with E-state index >= 15 is 0 Å². The van der Waals surface area contributed by atoms with E-state index in [0.29, 0.717) is 0 Å². The summed E-state index contributed by atoms with van der Waals surface area (Å²) in [6, 6.07) is 18.4. The van der Waals surface area contributed by atoms with Crippen molar-refractivity contribution < 1.29 is 4.79 Å². The van der Waals surface area contributed by atoms with Crippen LogP contribution in [0.2, 0.25) is 0 Å². The van der Waals surface area contributed by atoms with Crippen molar-refractivity contribution in [3.05, 3.63) is 65.7 Å². The van der Waals surface area contributed by atoms with E-state index in [0.717, 1.165) is 16.7 Å². The fraction of sp³-hybridized carbons (Fsp3) is 0.167. The Balaban J connectivity index is 2.09. The molecular weight excluding hydrogens is 264 g/mol. The van der Waals surface area contributed by atoms with Gasteiger partial charge in [-0.15, -0.1) is 11.8 Å². The van der Waals surface area contributed by atoms with E-state index in [1.165, 1.54) is 10.5 Å². The number of carbonyl (C=O) groups is 1. The van der Waals surface area contributed by atoms with Crippen LogP contribution in [0.15, 0.2) is 59.5 Å². The Kier molecular flexibility index (Phi) is 3.49. The van der Waals surface area contributed by atoms with Crippen LogP contribution in [0.1, 0.15) is 18.1 Å². The lowest BCUT2D eigenvalue weighted by molar-refractivity contribution is -0.116. The number of hydrogen-bond donors (Lipinski definition) is 0. The maximum Gasteiger partial charge on any atom is 0.171 e. The summed E-state index contributed by atoms with van der Waals surface area (Å²) in [5.41, 5.74) is 4.25. The van der Waals surface area contributed by atoms with E-state index < -0.39 is 0 Å². The molecule has 2 heteroatoms. The molecule has 0 bridgehead atoms. The molecular formula is C18H16OS. The van der Waals surface area contributed by atoms with E-state index in [4.69, 9.17) is 0 Å². The van der Waals surface area contributed by atoms with Gasteiger partial charge in [0, 0.05) is 16.4 Å². The van der Waals surface area contributed by atoms with Gasteiger partial charge in [0.1, 0.15) is 0 Å². The zero-order valence-corrected chi connectivity index (χ0v) is 12.4. The molecule has 0 heterocycles. The molecule has 1 aliphatic carbocycles. The summed E-state index contributed by atoms with van der Waals surface area (Å²) in [5, 5.41) is 0. The first-order valence-electron chi connectivity index (χ1n) is 6.70. The summed E-state index contributed by atoms with van der Waals surface area (Å²) in [7, 11) is 0. The number of hydrogen-bond acceptors (Lipinski definition) is 2. The SMILES string of the molecule is CSc1ccc(C2=C(c3ccccc3)C(=O)C2C)cc1. The van der Waals surface area contributed by atoms with Crippen molar-refractivity contribution >= 4 is 28.7 Å². The highest BCUT2D eigenvalue weighted by Crippen LogP contribution is 2.44. The molecule has 2 aromatic rings. The van der Waals surface area contributed by atoms with Crippen molar-refractivity contribution in [1.82, 2.24) is 0 Å². The molecule has 0 saturated carbocycles. The van der Waals surface area contributed by atoms with E-state index in [2.05, 4.69) is 30.5 Å². The molecule has 1 atom stereocenters. The summed E-state index contributed by atoms with van der Waals surface area (Å²) >= 11 is 1.73. The Morgan fingerprint density at radius 1 is 0.900 bits per heavy atom. The van der Waals surface area contributed by atoms with Gasteiger partial charge in [0.25, 0.3) is 0 Å². The summed E-state index contributed by atoms with van der Waals surface area (Å²) in [5.74, 6) is 0.255. The fourth-order valence-electron chi connectivity index (χ4n) is 2.69. The maximum atomic E-state index is 12.2. The molecule has 1 unspecified atom stereocenters. The molecule has 0 N–H and O–H groups in total. The molecule has 3 rings (SSSR count). The monoisotopic (exact) mass is 280 g/mol. The largest absolute Gasteiger partial charge is 0.293 e. The maximum absolute atomic E-state index is 12.2. The first kappa shape index (κ1) is 13.2. The zero-order valence-electron chi connectivity index (χ0n) is 11.6. The summed E-state index contributed by atoms with van der Waals surface area (Å²) < 4.78 is 0. The summed E-state index contributed by atoms with van der Waals surface area (Å²) in [4.78, 5) is 13.5. The van der Waals surface area contributed by atoms with E-state index in [1.807, 2.05) is 37.3 Å². The van der Waals surface area contributed by atoms with Gasteiger partial charge in [0.2, 0.25) is 0 Å². The number of thioether (sulfide) groups is 1. The molecule has 0 spiro atoms. The van der Waals surface area contributed by atoms with Gasteiger partial charge in [-0.25, -0.2) is 0 Å². The van der Waals surface area contributed by atoms with Crippen LogP contribution < -0.4 is 0 Å². The molecule has 0 fully saturated rings. The summed E-state index contributed by atoms with van der Waals surface area (Å²) in [6.07, 6.45) is 2.07. The van der Waals surface area contributed by atoms with Crippen LogP contribution in [0.4, 0.5) is 0 Å². The Morgan fingerprint density at radius 2 is 1.55 bits per heavy atom. The Labute approximate surface area is 123 Å². The van der Waals surface area contributed by atoms with Gasteiger partial charge in [-0.3, -0.25) is 4.79 Å². The number of carbonyl (C=O) groups excluding carboxylic acids is 1. The van der Waals surface area contributed by atoms with Crippen LogP contribution in [0.3, 0.4) is 0 Å². The molecule has 0 aliphatic heterocycles. The minimum Gasteiger partial charge on any atom is -0.293 e. The van der Waals surface area contributed by atoms with Crippen LogP contribution in [0.25, 0.3) is 11.1 Å². The van der Waals surface area contributed by atoms with Crippen molar-refractivity contribution in [1.29, 1.82) is 0 Å². The van der Waals surface area contributed by atoms with Gasteiger partial charge in [0.05, 0.1) is 0 Å². The number of Topliss-reactive ketones (excluding diaryl/α,β-unsaturated/α-hetero) is 1. The number of ketones is 1. The lowest BCUT2D eigenvalue weighted by Gasteiger charge is -2.30. The van der Waals surface area contributed by atoms with Crippen molar-refractivity contribution in [2.45, 2.75) is 11.8 Å². The molecule has 1 aliphatic rings. The Hall–Kier alpha value is -1.80. The van der Waals surface area contributed by atoms with Gasteiger partial charge < -0.3 is 0 Å². The minimum absolute atomic E-state index is 0.00494. The normalized spacial score (nSPS) is 18.1. The fourth-order valence-corrected chi connectivity index (χ4v) is 3.09. The number of benzene rings is 2. The summed E-state index contributed by atoms with van der Waals surface area (Å²) in [6.45, 7) is 1.99. The Bertz CT molecular complexity index is 668. The highest BCUT2D eigenvalue weighted by atomic mass is 32.2. The average Bonchev–Trinajstić information content (AvgIpc) is 2.52. The topological polar surface area (TPSA) is 17.1 Å². The van der Waals surface area contributed by atoms with Crippen molar-refractivity contribution in [3.8, 4) is 0 Å². The lowest BCUT2D eigenvalue weighted by atomic mass is 9.71. The van der Waals surface area contributed by atoms with Gasteiger partial charge in [-0.2, -0.15) is 0 Å². The molecule has 2 aromatic carbocycles. The van der Waals surface area contributed by atoms with Crippen LogP contribution in [0, 0.1) is 5.92 Å². The van der Waals surface area contributed by atoms with Crippen LogP contribution in [0.5, 0.6) is 0 Å². The average molecular weight is 280 g/mol. The highest BCUT2D eigenvalue weighted by molar-refractivity contribution is 7.98. The molecule has 0 amide bonds. The third kappa shape index (κ3) is 2.10. The lowest BCUT2D eigenvalue weighted by Crippen LogP contribution is -2.26. The third-order valence-corrected chi connectivity index (χ3v) is 4.55. The van der Waals surface area contributed by atoms with Crippen LogP contribution in [-0.2, 0) is 4.79 Å². The van der Waals surface area contributed by atoms with Crippen LogP contribution in [-0.4, -0.2) is 12.0 Å². The molecule has 0 saturated heterocycles. The second-order valence-corrected chi connectivity index (χ2v) is 5.85. The second kappa shape index (κ2) is 5.29. The standard InChI is InChI=1S/C18H16OS/c1-12-16(14-8-10-15(20-2)11-9-14)17(18(12)19)13-6-4-3-5-7-13/h3-12H,1-2H3. The minimum atomic E-state index is 0.00494. The van der Waals surface area contributed by atoms with Crippen molar-refractivity contribution in [2.24, 2.45) is 5.92 Å². The van der Waals surface area contributed by atoms with Gasteiger partial charge >= 0.3 is 0 Å². The first-order chi connectivity index (χ1) is 9.72. The molecule has 0 radical (unpaired) electrons. The van der Waals surface area contributed by atoms with Gasteiger partial charge in [-0.05, 0) is 35.1 Å². The highest BCUT2D eigenvalue weighted by Gasteiger charge is 2.36. The quantitative estimate of drug-likeness (QED) is 0.768. The van der Waals surface area contributed by atoms with E-state index in [9.17, 15) is 4.79 Å². The van der Waals surface area contributed by atoms with Crippen LogP contribution >= 0.6 is 11.8 Å². The zero-order chi connectivity index (χ0) is 14.1. The molecule has 100 valence electrons. The number of allylic oxidation sites excluding steroid dienone is 2. The van der Waals surface area contributed by atoms with E-state index in [1.54, 1.807) is 11.8 Å². The Morgan fingerprint density at radius 3 is 2.15 bits per heavy atom. The predicted octanol–water partition coefficient (Wildman–Crippen LogP) is 4.54. The predicted molar refractivity (Wildman–Crippen MR) is 85.7 cm³/mol. The first-order valence-corrected chi connectivity index (χ1v) is 7.93. The van der Waals surface area contributed by atoms with E-state index in [-0.39, 0.29) is 11.7 Å². The molecule has 20 heavy (non-hydrogen) atoms. The molecule has 0 aromatic heterocycles. The number of rotatable bonds is 3. The second-order valence-electron chi connectivity index (χ2n) is 4.97. The third-order valence-electron chi connectivity index (χ3n) is 3.81. The van der Waals surface area contributed by atoms with Gasteiger partial charge in [0.15, 0.2) is 5.78 Å². The van der Waals surface area contributed by atoms with Crippen molar-refractivity contribution in [3.63, 3.8) is 0 Å². The van der Waals surface area contributed by atoms with Crippen molar-refractivity contribution in [2.75, 3.05) is 6.26 Å².